The van der Waals surface area contributed by atoms with E-state index in [9.17, 15) is 0 Å². The first kappa shape index (κ1) is 14.8. The highest BCUT2D eigenvalue weighted by atomic mass is 79.9. The molecule has 4 nitrogen and oxygen atoms in total. The summed E-state index contributed by atoms with van der Waals surface area (Å²) in [5.74, 6) is 1.54. The van der Waals surface area contributed by atoms with Gasteiger partial charge in [0.25, 0.3) is 0 Å². The van der Waals surface area contributed by atoms with Gasteiger partial charge in [-0.1, -0.05) is 0 Å². The van der Waals surface area contributed by atoms with Crippen LogP contribution in [0, 0.1) is 13.8 Å². The van der Waals surface area contributed by atoms with E-state index in [0.29, 0.717) is 0 Å². The second-order valence-corrected chi connectivity index (χ2v) is 5.37. The number of hydrogen-bond acceptors (Lipinski definition) is 4. The van der Waals surface area contributed by atoms with Crippen LogP contribution >= 0.6 is 15.9 Å². The fraction of sp³-hybridized carbons (Fsp3) is 0.333. The largest absolute Gasteiger partial charge is 0.497 e. The van der Waals surface area contributed by atoms with Crippen molar-refractivity contribution in [1.29, 1.82) is 0 Å². The van der Waals surface area contributed by atoms with E-state index in [-0.39, 0.29) is 0 Å². The van der Waals surface area contributed by atoms with Crippen LogP contribution < -0.4 is 9.64 Å². The number of rotatable bonds is 4. The first-order valence-electron chi connectivity index (χ1n) is 6.48. The van der Waals surface area contributed by atoms with E-state index in [1.807, 2.05) is 38.1 Å². The van der Waals surface area contributed by atoms with E-state index in [1.165, 1.54) is 0 Å². The van der Waals surface area contributed by atoms with Crippen LogP contribution in [-0.2, 0) is 0 Å². The number of aromatic nitrogens is 2. The molecule has 20 heavy (non-hydrogen) atoms. The third-order valence-corrected chi connectivity index (χ3v) is 3.61. The normalized spacial score (nSPS) is 10.4. The van der Waals surface area contributed by atoms with Crippen molar-refractivity contribution in [2.75, 3.05) is 18.6 Å². The van der Waals surface area contributed by atoms with E-state index >= 15 is 0 Å². The van der Waals surface area contributed by atoms with Crippen molar-refractivity contribution in [3.8, 4) is 5.75 Å². The van der Waals surface area contributed by atoms with E-state index in [1.54, 1.807) is 7.11 Å². The smallest absolute Gasteiger partial charge is 0.230 e. The summed E-state index contributed by atoms with van der Waals surface area (Å²) in [6.45, 7) is 6.83. The highest BCUT2D eigenvalue weighted by Crippen LogP contribution is 2.33. The predicted molar refractivity (Wildman–Crippen MR) is 84.9 cm³/mol. The lowest BCUT2D eigenvalue weighted by molar-refractivity contribution is 0.414. The molecular formula is C15H18BrN3O. The molecule has 5 heteroatoms. The molecule has 0 aliphatic rings. The molecule has 0 radical (unpaired) electrons. The minimum Gasteiger partial charge on any atom is -0.497 e. The van der Waals surface area contributed by atoms with Crippen molar-refractivity contribution >= 4 is 27.6 Å². The number of halogens is 1. The molecule has 1 aromatic heterocycles. The fourth-order valence-corrected chi connectivity index (χ4v) is 2.65. The maximum atomic E-state index is 5.23. The highest BCUT2D eigenvalue weighted by Gasteiger charge is 2.14. The topological polar surface area (TPSA) is 38.2 Å². The lowest BCUT2D eigenvalue weighted by Gasteiger charge is -2.23. The summed E-state index contributed by atoms with van der Waals surface area (Å²) < 4.78 is 6.19. The third-order valence-electron chi connectivity index (χ3n) is 2.97. The first-order valence-corrected chi connectivity index (χ1v) is 7.27. The minimum absolute atomic E-state index is 0.718. The molecule has 1 heterocycles. The van der Waals surface area contributed by atoms with Crippen molar-refractivity contribution in [1.82, 2.24) is 9.97 Å². The Balaban J connectivity index is 2.46. The Morgan fingerprint density at radius 1 is 1.15 bits per heavy atom. The summed E-state index contributed by atoms with van der Waals surface area (Å²) in [4.78, 5) is 11.1. The highest BCUT2D eigenvalue weighted by molar-refractivity contribution is 9.10. The molecular weight excluding hydrogens is 318 g/mol. The van der Waals surface area contributed by atoms with E-state index in [0.717, 1.165) is 39.8 Å². The van der Waals surface area contributed by atoms with Gasteiger partial charge in [0.1, 0.15) is 5.75 Å². The van der Waals surface area contributed by atoms with Gasteiger partial charge in [-0.15, -0.1) is 0 Å². The molecule has 0 amide bonds. The van der Waals surface area contributed by atoms with Crippen molar-refractivity contribution < 1.29 is 4.74 Å². The van der Waals surface area contributed by atoms with E-state index in [4.69, 9.17) is 4.74 Å². The Hall–Kier alpha value is -1.62. The van der Waals surface area contributed by atoms with Crippen molar-refractivity contribution in [3.63, 3.8) is 0 Å². The van der Waals surface area contributed by atoms with Crippen molar-refractivity contribution in [2.24, 2.45) is 0 Å². The standard InChI is InChI=1S/C15H18BrN3O/c1-5-19(15-17-10(2)8-11(3)18-15)14-7-6-12(20-4)9-13(14)16/h6-9H,5H2,1-4H3. The molecule has 2 aromatic rings. The average molecular weight is 336 g/mol. The molecule has 0 aliphatic heterocycles. The lowest BCUT2D eigenvalue weighted by Crippen LogP contribution is -2.20. The number of hydrogen-bond donors (Lipinski definition) is 0. The molecule has 0 atom stereocenters. The number of aryl methyl sites for hydroxylation is 2. The van der Waals surface area contributed by atoms with Crippen LogP contribution in [0.15, 0.2) is 28.7 Å². The van der Waals surface area contributed by atoms with Crippen LogP contribution in [0.1, 0.15) is 18.3 Å². The Kier molecular flexibility index (Phi) is 4.60. The zero-order valence-electron chi connectivity index (χ0n) is 12.1. The van der Waals surface area contributed by atoms with Crippen LogP contribution in [0.2, 0.25) is 0 Å². The van der Waals surface area contributed by atoms with Crippen LogP contribution in [0.5, 0.6) is 5.75 Å². The van der Waals surface area contributed by atoms with Gasteiger partial charge < -0.3 is 9.64 Å². The second kappa shape index (κ2) is 6.22. The van der Waals surface area contributed by atoms with Gasteiger partial charge in [-0.2, -0.15) is 0 Å². The quantitative estimate of drug-likeness (QED) is 0.845. The summed E-state index contributed by atoms with van der Waals surface area (Å²) in [7, 11) is 1.66. The maximum absolute atomic E-state index is 5.23. The van der Waals surface area contributed by atoms with Gasteiger partial charge in [0.2, 0.25) is 5.95 Å². The number of ether oxygens (including phenoxy) is 1. The summed E-state index contributed by atoms with van der Waals surface area (Å²) in [5.41, 5.74) is 2.96. The van der Waals surface area contributed by atoms with Gasteiger partial charge >= 0.3 is 0 Å². The van der Waals surface area contributed by atoms with Crippen LogP contribution in [0.25, 0.3) is 0 Å². The van der Waals surface area contributed by atoms with E-state index in [2.05, 4.69) is 37.7 Å². The molecule has 2 rings (SSSR count). The Bertz CT molecular complexity index is 596. The Morgan fingerprint density at radius 2 is 1.80 bits per heavy atom. The van der Waals surface area contributed by atoms with Crippen LogP contribution in [-0.4, -0.2) is 23.6 Å². The summed E-state index contributed by atoms with van der Waals surface area (Å²) in [5, 5.41) is 0. The van der Waals surface area contributed by atoms with Gasteiger partial charge in [0.05, 0.1) is 12.8 Å². The van der Waals surface area contributed by atoms with Gasteiger partial charge in [0, 0.05) is 22.4 Å². The van der Waals surface area contributed by atoms with Gasteiger partial charge in [-0.3, -0.25) is 0 Å². The third kappa shape index (κ3) is 3.10. The zero-order chi connectivity index (χ0) is 14.7. The maximum Gasteiger partial charge on any atom is 0.230 e. The monoisotopic (exact) mass is 335 g/mol. The fourth-order valence-electron chi connectivity index (χ4n) is 2.08. The Morgan fingerprint density at radius 3 is 2.30 bits per heavy atom. The molecule has 0 spiro atoms. The van der Waals surface area contributed by atoms with Gasteiger partial charge in [0.15, 0.2) is 0 Å². The predicted octanol–water partition coefficient (Wildman–Crippen LogP) is 4.02. The molecule has 0 saturated heterocycles. The lowest BCUT2D eigenvalue weighted by atomic mass is 10.2. The SMILES string of the molecule is CCN(c1nc(C)cc(C)n1)c1ccc(OC)cc1Br. The number of anilines is 2. The molecule has 0 bridgehead atoms. The molecule has 0 unspecified atom stereocenters. The summed E-state index contributed by atoms with van der Waals surface area (Å²) >= 11 is 3.59. The number of nitrogens with zero attached hydrogens (tertiary/aromatic N) is 3. The summed E-state index contributed by atoms with van der Waals surface area (Å²) in [6, 6.07) is 7.86. The van der Waals surface area contributed by atoms with Crippen molar-refractivity contribution in [3.05, 3.63) is 40.1 Å². The van der Waals surface area contributed by atoms with Gasteiger partial charge in [-0.25, -0.2) is 9.97 Å². The molecule has 1 aromatic carbocycles. The van der Waals surface area contributed by atoms with Gasteiger partial charge in [-0.05, 0) is 61.0 Å². The Labute approximate surface area is 127 Å². The number of methoxy groups -OCH3 is 1. The molecule has 0 saturated carbocycles. The molecule has 0 fully saturated rings. The summed E-state index contributed by atoms with van der Waals surface area (Å²) in [6.07, 6.45) is 0. The van der Waals surface area contributed by atoms with Crippen molar-refractivity contribution in [2.45, 2.75) is 20.8 Å². The average Bonchev–Trinajstić information content (AvgIpc) is 2.40. The van der Waals surface area contributed by atoms with E-state index < -0.39 is 0 Å². The zero-order valence-corrected chi connectivity index (χ0v) is 13.7. The van der Waals surface area contributed by atoms with Crippen LogP contribution in [0.4, 0.5) is 11.6 Å². The molecule has 106 valence electrons. The van der Waals surface area contributed by atoms with Crippen LogP contribution in [0.3, 0.4) is 0 Å². The number of benzene rings is 1. The minimum atomic E-state index is 0.718. The first-order chi connectivity index (χ1) is 9.55. The molecule has 0 N–H and O–H groups in total. The second-order valence-electron chi connectivity index (χ2n) is 4.51. The molecule has 0 aliphatic carbocycles.